The van der Waals surface area contributed by atoms with E-state index in [9.17, 15) is 9.59 Å². The Morgan fingerprint density at radius 2 is 1.81 bits per heavy atom. The highest BCUT2D eigenvalue weighted by atomic mass is 16.5. The number of nitrogens with zero attached hydrogens (tertiary/aromatic N) is 1. The molecule has 2 aromatic carbocycles. The summed E-state index contributed by atoms with van der Waals surface area (Å²) in [6, 6.07) is 12.8. The fraction of sp³-hybridized carbons (Fsp3) is 0.300. The summed E-state index contributed by atoms with van der Waals surface area (Å²) in [5, 5.41) is 8.61. The molecule has 0 spiro atoms. The molecule has 0 aliphatic rings. The molecule has 6 nitrogen and oxygen atoms in total. The van der Waals surface area contributed by atoms with Gasteiger partial charge in [0.25, 0.3) is 0 Å². The van der Waals surface area contributed by atoms with E-state index in [1.165, 1.54) is 0 Å². The van der Waals surface area contributed by atoms with Crippen LogP contribution in [0.15, 0.2) is 42.5 Å². The first-order valence-corrected chi connectivity index (χ1v) is 8.20. The summed E-state index contributed by atoms with van der Waals surface area (Å²) >= 11 is 0. The number of benzene rings is 2. The van der Waals surface area contributed by atoms with Crippen molar-refractivity contribution in [2.45, 2.75) is 19.9 Å². The van der Waals surface area contributed by atoms with Gasteiger partial charge in [0.1, 0.15) is 11.5 Å². The van der Waals surface area contributed by atoms with Crippen molar-refractivity contribution in [1.29, 1.82) is 0 Å². The summed E-state index contributed by atoms with van der Waals surface area (Å²) in [7, 11) is 3.34. The standard InChI is InChI=1S/C20H23NO5/c1-14-4-9-18(25-3)16(10-14)11-19(22)21(2)12-15-5-7-17(8-6-15)26-13-20(23)24/h4-10H,11-13H2,1-3H3,(H,23,24). The summed E-state index contributed by atoms with van der Waals surface area (Å²) in [6.07, 6.45) is 0.265. The van der Waals surface area contributed by atoms with E-state index in [0.717, 1.165) is 16.7 Å². The monoisotopic (exact) mass is 357 g/mol. The summed E-state index contributed by atoms with van der Waals surface area (Å²) in [5.74, 6) is 0.151. The molecule has 0 aromatic heterocycles. The lowest BCUT2D eigenvalue weighted by Gasteiger charge is -2.18. The molecule has 0 aliphatic carbocycles. The average molecular weight is 357 g/mol. The molecular weight excluding hydrogens is 334 g/mol. The molecule has 0 saturated heterocycles. The first-order chi connectivity index (χ1) is 12.4. The molecule has 0 aliphatic heterocycles. The van der Waals surface area contributed by atoms with Crippen LogP contribution in [0.5, 0.6) is 11.5 Å². The first-order valence-electron chi connectivity index (χ1n) is 8.20. The third-order valence-corrected chi connectivity index (χ3v) is 3.91. The number of aryl methyl sites for hydroxylation is 1. The van der Waals surface area contributed by atoms with Crippen molar-refractivity contribution in [1.82, 2.24) is 4.90 Å². The third kappa shape index (κ3) is 5.51. The van der Waals surface area contributed by atoms with Crippen LogP contribution in [0.4, 0.5) is 0 Å². The van der Waals surface area contributed by atoms with Crippen LogP contribution in [0.25, 0.3) is 0 Å². The minimum atomic E-state index is -1.02. The smallest absolute Gasteiger partial charge is 0.341 e. The average Bonchev–Trinajstić information content (AvgIpc) is 2.61. The lowest BCUT2D eigenvalue weighted by Crippen LogP contribution is -2.27. The number of methoxy groups -OCH3 is 1. The van der Waals surface area contributed by atoms with Gasteiger partial charge < -0.3 is 19.5 Å². The number of carboxylic acids is 1. The van der Waals surface area contributed by atoms with Gasteiger partial charge in [0.2, 0.25) is 5.91 Å². The Labute approximate surface area is 153 Å². The zero-order chi connectivity index (χ0) is 19.1. The van der Waals surface area contributed by atoms with Crippen LogP contribution in [-0.2, 0) is 22.6 Å². The van der Waals surface area contributed by atoms with Crippen molar-refractivity contribution in [3.63, 3.8) is 0 Å². The van der Waals surface area contributed by atoms with E-state index in [-0.39, 0.29) is 18.9 Å². The van der Waals surface area contributed by atoms with E-state index >= 15 is 0 Å². The highest BCUT2D eigenvalue weighted by molar-refractivity contribution is 5.79. The quantitative estimate of drug-likeness (QED) is 0.786. The van der Waals surface area contributed by atoms with Gasteiger partial charge in [-0.3, -0.25) is 4.79 Å². The fourth-order valence-electron chi connectivity index (χ4n) is 2.54. The van der Waals surface area contributed by atoms with Gasteiger partial charge in [0.05, 0.1) is 13.5 Å². The van der Waals surface area contributed by atoms with Crippen molar-refractivity contribution in [2.75, 3.05) is 20.8 Å². The molecular formula is C20H23NO5. The molecule has 0 radical (unpaired) electrons. The molecule has 2 rings (SSSR count). The van der Waals surface area contributed by atoms with Crippen LogP contribution in [0.2, 0.25) is 0 Å². The second kappa shape index (κ2) is 8.89. The molecule has 1 amide bonds. The van der Waals surface area contributed by atoms with E-state index < -0.39 is 5.97 Å². The number of amides is 1. The molecule has 0 unspecified atom stereocenters. The highest BCUT2D eigenvalue weighted by Gasteiger charge is 2.14. The lowest BCUT2D eigenvalue weighted by atomic mass is 10.1. The number of aliphatic carboxylic acids is 1. The highest BCUT2D eigenvalue weighted by Crippen LogP contribution is 2.21. The third-order valence-electron chi connectivity index (χ3n) is 3.91. The van der Waals surface area contributed by atoms with Gasteiger partial charge in [-0.25, -0.2) is 4.79 Å². The van der Waals surface area contributed by atoms with Gasteiger partial charge in [-0.15, -0.1) is 0 Å². The number of likely N-dealkylation sites (N-methyl/N-ethyl adjacent to an activating group) is 1. The predicted octanol–water partition coefficient (Wildman–Crippen LogP) is 2.67. The van der Waals surface area contributed by atoms with Crippen LogP contribution in [-0.4, -0.2) is 42.6 Å². The normalized spacial score (nSPS) is 10.3. The first kappa shape index (κ1) is 19.3. The summed E-state index contributed by atoms with van der Waals surface area (Å²) in [4.78, 5) is 24.7. The molecule has 26 heavy (non-hydrogen) atoms. The second-order valence-corrected chi connectivity index (χ2v) is 6.07. The van der Waals surface area contributed by atoms with Crippen LogP contribution in [0.1, 0.15) is 16.7 Å². The SMILES string of the molecule is COc1ccc(C)cc1CC(=O)N(C)Cc1ccc(OCC(=O)O)cc1. The number of hydrogen-bond donors (Lipinski definition) is 1. The summed E-state index contributed by atoms with van der Waals surface area (Å²) in [6.45, 7) is 2.05. The molecule has 6 heteroatoms. The Morgan fingerprint density at radius 3 is 2.42 bits per heavy atom. The molecule has 138 valence electrons. The lowest BCUT2D eigenvalue weighted by molar-refractivity contribution is -0.139. The van der Waals surface area contributed by atoms with Gasteiger partial charge in [-0.1, -0.05) is 29.8 Å². The zero-order valence-corrected chi connectivity index (χ0v) is 15.2. The fourth-order valence-corrected chi connectivity index (χ4v) is 2.54. The van der Waals surface area contributed by atoms with Crippen molar-refractivity contribution in [3.05, 3.63) is 59.2 Å². The molecule has 0 saturated carbocycles. The molecule has 0 bridgehead atoms. The van der Waals surface area contributed by atoms with Crippen molar-refractivity contribution in [3.8, 4) is 11.5 Å². The minimum Gasteiger partial charge on any atom is -0.496 e. The number of hydrogen-bond acceptors (Lipinski definition) is 4. The number of carbonyl (C=O) groups excluding carboxylic acids is 1. The number of ether oxygens (including phenoxy) is 2. The maximum atomic E-state index is 12.5. The van der Waals surface area contributed by atoms with Crippen molar-refractivity contribution < 1.29 is 24.2 Å². The molecule has 1 N–H and O–H groups in total. The minimum absolute atomic E-state index is 0.0138. The maximum Gasteiger partial charge on any atom is 0.341 e. The Morgan fingerprint density at radius 1 is 1.12 bits per heavy atom. The Kier molecular flexibility index (Phi) is 6.60. The van der Waals surface area contributed by atoms with E-state index in [1.54, 1.807) is 31.2 Å². The topological polar surface area (TPSA) is 76.1 Å². The Hall–Kier alpha value is -3.02. The van der Waals surface area contributed by atoms with Gasteiger partial charge >= 0.3 is 5.97 Å². The van der Waals surface area contributed by atoms with Crippen LogP contribution >= 0.6 is 0 Å². The van der Waals surface area contributed by atoms with E-state index in [2.05, 4.69) is 0 Å². The van der Waals surface area contributed by atoms with Crippen LogP contribution in [0, 0.1) is 6.92 Å². The number of carbonyl (C=O) groups is 2. The van der Waals surface area contributed by atoms with E-state index in [1.807, 2.05) is 37.3 Å². The van der Waals surface area contributed by atoms with E-state index in [4.69, 9.17) is 14.6 Å². The van der Waals surface area contributed by atoms with E-state index in [0.29, 0.717) is 18.0 Å². The largest absolute Gasteiger partial charge is 0.496 e. The number of rotatable bonds is 8. The molecule has 0 fully saturated rings. The summed E-state index contributed by atoms with van der Waals surface area (Å²) in [5.41, 5.74) is 2.87. The van der Waals surface area contributed by atoms with Gasteiger partial charge in [-0.2, -0.15) is 0 Å². The van der Waals surface area contributed by atoms with Gasteiger partial charge in [-0.05, 0) is 30.7 Å². The molecule has 0 heterocycles. The second-order valence-electron chi connectivity index (χ2n) is 6.07. The predicted molar refractivity (Wildman–Crippen MR) is 97.5 cm³/mol. The van der Waals surface area contributed by atoms with Crippen LogP contribution < -0.4 is 9.47 Å². The Bertz CT molecular complexity index is 770. The molecule has 0 atom stereocenters. The molecule has 2 aromatic rings. The van der Waals surface area contributed by atoms with Crippen LogP contribution in [0.3, 0.4) is 0 Å². The zero-order valence-electron chi connectivity index (χ0n) is 15.2. The van der Waals surface area contributed by atoms with Crippen molar-refractivity contribution in [2.24, 2.45) is 0 Å². The van der Waals surface area contributed by atoms with Crippen molar-refractivity contribution >= 4 is 11.9 Å². The van der Waals surface area contributed by atoms with Gasteiger partial charge in [0, 0.05) is 19.2 Å². The maximum absolute atomic E-state index is 12.5. The number of carboxylic acid groups (broad SMARTS) is 1. The Balaban J connectivity index is 1.96. The van der Waals surface area contributed by atoms with Gasteiger partial charge in [0.15, 0.2) is 6.61 Å². The summed E-state index contributed by atoms with van der Waals surface area (Å²) < 4.78 is 10.4.